The largest absolute Gasteiger partial charge is 0.478 e. The molecule has 1 aliphatic rings. The van der Waals surface area contributed by atoms with Crippen LogP contribution in [0, 0.1) is 5.82 Å². The highest BCUT2D eigenvalue weighted by Crippen LogP contribution is 2.38. The lowest BCUT2D eigenvalue weighted by Gasteiger charge is -2.32. The van der Waals surface area contributed by atoms with Crippen molar-refractivity contribution >= 4 is 50.7 Å². The zero-order valence-corrected chi connectivity index (χ0v) is 16.1. The Hall–Kier alpha value is -1.77. The summed E-state index contributed by atoms with van der Waals surface area (Å²) in [4.78, 5) is 22.5. The van der Waals surface area contributed by atoms with Crippen LogP contribution in [0.15, 0.2) is 46.0 Å². The van der Waals surface area contributed by atoms with Crippen molar-refractivity contribution in [3.05, 3.63) is 62.5 Å². The quantitative estimate of drug-likeness (QED) is 0.721. The average Bonchev–Trinajstić information content (AvgIpc) is 3.08. The van der Waals surface area contributed by atoms with Crippen molar-refractivity contribution in [2.45, 2.75) is 6.04 Å². The van der Waals surface area contributed by atoms with E-state index in [1.165, 1.54) is 23.5 Å². The Bertz CT molecular complexity index is 886. The van der Waals surface area contributed by atoms with Crippen LogP contribution in [0.2, 0.25) is 5.02 Å². The predicted molar refractivity (Wildman–Crippen MR) is 99.0 cm³/mol. The van der Waals surface area contributed by atoms with Gasteiger partial charge >= 0.3 is 5.97 Å². The standard InChI is InChI=1S/C16H12BrClFN3O2S/c1-22-11(7-17)12(16(23)24)13(9-3-2-8(19)6-10(9)18)21-14(22)15-20-4-5-25-15/h2-6,13H,7H2,1H3,(H,23,24)/t13-/m0/s1. The topological polar surface area (TPSA) is 65.8 Å². The summed E-state index contributed by atoms with van der Waals surface area (Å²) in [6.45, 7) is 0. The molecule has 1 aliphatic heterocycles. The summed E-state index contributed by atoms with van der Waals surface area (Å²) in [5.74, 6) is -1.05. The summed E-state index contributed by atoms with van der Waals surface area (Å²) in [6, 6.07) is 3.01. The third-order valence-corrected chi connectivity index (χ3v) is 5.42. The molecule has 0 spiro atoms. The fourth-order valence-electron chi connectivity index (χ4n) is 2.62. The molecule has 0 radical (unpaired) electrons. The molecule has 1 aromatic heterocycles. The number of hydrogen-bond donors (Lipinski definition) is 1. The second-order valence-corrected chi connectivity index (χ2v) is 7.08. The first-order valence-corrected chi connectivity index (χ1v) is 9.50. The third-order valence-electron chi connectivity index (χ3n) is 3.80. The molecule has 0 unspecified atom stereocenters. The summed E-state index contributed by atoms with van der Waals surface area (Å²) in [5.41, 5.74) is 1.06. The summed E-state index contributed by atoms with van der Waals surface area (Å²) in [6.07, 6.45) is 1.65. The van der Waals surface area contributed by atoms with Gasteiger partial charge in [-0.3, -0.25) is 4.99 Å². The first-order chi connectivity index (χ1) is 11.9. The van der Waals surface area contributed by atoms with Gasteiger partial charge in [0.2, 0.25) is 0 Å². The van der Waals surface area contributed by atoms with E-state index in [1.807, 2.05) is 5.38 Å². The van der Waals surface area contributed by atoms with Crippen molar-refractivity contribution in [2.24, 2.45) is 4.99 Å². The molecule has 0 amide bonds. The van der Waals surface area contributed by atoms with Crippen molar-refractivity contribution < 1.29 is 14.3 Å². The Morgan fingerprint density at radius 2 is 2.28 bits per heavy atom. The van der Waals surface area contributed by atoms with E-state index in [2.05, 4.69) is 25.9 Å². The van der Waals surface area contributed by atoms with Crippen LogP contribution in [0.4, 0.5) is 4.39 Å². The van der Waals surface area contributed by atoms with Crippen LogP contribution < -0.4 is 0 Å². The second kappa shape index (κ2) is 7.23. The predicted octanol–water partition coefficient (Wildman–Crippen LogP) is 4.10. The minimum atomic E-state index is -1.10. The number of benzene rings is 1. The van der Waals surface area contributed by atoms with E-state index in [-0.39, 0.29) is 10.6 Å². The molecule has 130 valence electrons. The van der Waals surface area contributed by atoms with Crippen LogP contribution >= 0.6 is 38.9 Å². The number of aliphatic imine (C=N–C) groups is 1. The summed E-state index contributed by atoms with van der Waals surface area (Å²) >= 11 is 10.9. The van der Waals surface area contributed by atoms with Gasteiger partial charge in [-0.25, -0.2) is 14.2 Å². The number of rotatable bonds is 4. The molecule has 9 heteroatoms. The SMILES string of the molecule is CN1C(c2nccs2)=N[C@@H](c2ccc(F)cc2Cl)C(C(=O)O)=C1CBr. The Morgan fingerprint density at radius 1 is 1.52 bits per heavy atom. The van der Waals surface area contributed by atoms with Gasteiger partial charge in [0, 0.05) is 40.2 Å². The van der Waals surface area contributed by atoms with Gasteiger partial charge in [0.05, 0.1) is 5.57 Å². The van der Waals surface area contributed by atoms with Crippen molar-refractivity contribution in [1.82, 2.24) is 9.88 Å². The Balaban J connectivity index is 2.23. The molecule has 3 rings (SSSR count). The van der Waals surface area contributed by atoms with Gasteiger partial charge in [-0.2, -0.15) is 0 Å². The maximum Gasteiger partial charge on any atom is 0.335 e. The maximum absolute atomic E-state index is 13.4. The number of allylic oxidation sites excluding steroid dienone is 1. The number of amidine groups is 1. The third kappa shape index (κ3) is 3.33. The smallest absolute Gasteiger partial charge is 0.335 e. The minimum Gasteiger partial charge on any atom is -0.478 e. The first-order valence-electron chi connectivity index (χ1n) is 7.12. The summed E-state index contributed by atoms with van der Waals surface area (Å²) < 4.78 is 13.4. The van der Waals surface area contributed by atoms with Gasteiger partial charge in [0.15, 0.2) is 10.8 Å². The van der Waals surface area contributed by atoms with Gasteiger partial charge in [-0.05, 0) is 12.1 Å². The van der Waals surface area contributed by atoms with E-state index in [9.17, 15) is 14.3 Å². The normalized spacial score (nSPS) is 17.7. The molecule has 0 aliphatic carbocycles. The Morgan fingerprint density at radius 3 is 2.84 bits per heavy atom. The lowest BCUT2D eigenvalue weighted by atomic mass is 9.95. The van der Waals surface area contributed by atoms with Crippen molar-refractivity contribution in [2.75, 3.05) is 12.4 Å². The van der Waals surface area contributed by atoms with E-state index < -0.39 is 17.8 Å². The number of carbonyl (C=O) groups is 1. The number of carboxylic acids is 1. The van der Waals surface area contributed by atoms with Crippen molar-refractivity contribution in [3.63, 3.8) is 0 Å². The van der Waals surface area contributed by atoms with Crippen LogP contribution in [0.5, 0.6) is 0 Å². The van der Waals surface area contributed by atoms with E-state index in [0.29, 0.717) is 27.4 Å². The van der Waals surface area contributed by atoms with Crippen LogP contribution in [0.25, 0.3) is 0 Å². The first kappa shape index (κ1) is 18.0. The number of carboxylic acid groups (broad SMARTS) is 1. The molecule has 1 N–H and O–H groups in total. The minimum absolute atomic E-state index is 0.0909. The number of alkyl halides is 1. The number of nitrogens with zero attached hydrogens (tertiary/aromatic N) is 3. The van der Waals surface area contributed by atoms with Gasteiger partial charge in [-0.1, -0.05) is 33.6 Å². The van der Waals surface area contributed by atoms with Gasteiger partial charge in [-0.15, -0.1) is 11.3 Å². The highest BCUT2D eigenvalue weighted by Gasteiger charge is 2.35. The van der Waals surface area contributed by atoms with E-state index in [0.717, 1.165) is 6.07 Å². The number of aliphatic carboxylic acids is 1. The number of halogens is 3. The molecule has 5 nitrogen and oxygen atoms in total. The highest BCUT2D eigenvalue weighted by atomic mass is 79.9. The number of hydrogen-bond acceptors (Lipinski definition) is 5. The van der Waals surface area contributed by atoms with E-state index in [1.54, 1.807) is 18.1 Å². The molecule has 1 aromatic carbocycles. The maximum atomic E-state index is 13.4. The van der Waals surface area contributed by atoms with Gasteiger partial charge in [0.1, 0.15) is 11.9 Å². The van der Waals surface area contributed by atoms with Crippen LogP contribution in [-0.4, -0.2) is 39.2 Å². The molecule has 0 saturated heterocycles. The van der Waals surface area contributed by atoms with E-state index in [4.69, 9.17) is 11.6 Å². The fourth-order valence-corrected chi connectivity index (χ4v) is 4.24. The molecule has 1 atom stereocenters. The molecule has 0 saturated carbocycles. The van der Waals surface area contributed by atoms with Gasteiger partial charge in [0.25, 0.3) is 0 Å². The Kier molecular flexibility index (Phi) is 5.21. The fraction of sp³-hybridized carbons (Fsp3) is 0.188. The highest BCUT2D eigenvalue weighted by molar-refractivity contribution is 9.09. The van der Waals surface area contributed by atoms with Crippen LogP contribution in [0.3, 0.4) is 0 Å². The van der Waals surface area contributed by atoms with E-state index >= 15 is 0 Å². The zero-order chi connectivity index (χ0) is 18.1. The summed E-state index contributed by atoms with van der Waals surface area (Å²) in [7, 11) is 1.74. The molecule has 2 aromatic rings. The summed E-state index contributed by atoms with van der Waals surface area (Å²) in [5, 5.41) is 12.7. The molecular weight excluding hydrogens is 433 g/mol. The molecular formula is C16H12BrClFN3O2S. The van der Waals surface area contributed by atoms with Gasteiger partial charge < -0.3 is 10.0 Å². The molecule has 2 heterocycles. The second-order valence-electron chi connectivity index (χ2n) is 5.22. The number of thiazole rings is 1. The monoisotopic (exact) mass is 443 g/mol. The molecule has 0 bridgehead atoms. The lowest BCUT2D eigenvalue weighted by molar-refractivity contribution is -0.133. The molecule has 25 heavy (non-hydrogen) atoms. The average molecular weight is 445 g/mol. The van der Waals surface area contributed by atoms with Crippen molar-refractivity contribution in [1.29, 1.82) is 0 Å². The molecule has 0 fully saturated rings. The Labute approximate surface area is 160 Å². The van der Waals surface area contributed by atoms with Crippen LogP contribution in [-0.2, 0) is 4.79 Å². The lowest BCUT2D eigenvalue weighted by Crippen LogP contribution is -2.35. The zero-order valence-electron chi connectivity index (χ0n) is 12.9. The number of aromatic nitrogens is 1. The van der Waals surface area contributed by atoms with Crippen molar-refractivity contribution in [3.8, 4) is 0 Å². The van der Waals surface area contributed by atoms with Crippen LogP contribution in [0.1, 0.15) is 16.6 Å².